The molecule has 2 rings (SSSR count). The molecule has 0 spiro atoms. The lowest BCUT2D eigenvalue weighted by molar-refractivity contribution is -0.150. The first-order valence-electron chi connectivity index (χ1n) is 9.66. The fourth-order valence-corrected chi connectivity index (χ4v) is 3.74. The van der Waals surface area contributed by atoms with Crippen LogP contribution in [0.4, 0.5) is 0 Å². The van der Waals surface area contributed by atoms with Gasteiger partial charge in [-0.25, -0.2) is 0 Å². The molecule has 2 aliphatic rings. The van der Waals surface area contributed by atoms with E-state index < -0.39 is 6.08 Å². The van der Waals surface area contributed by atoms with E-state index in [2.05, 4.69) is 26.8 Å². The van der Waals surface area contributed by atoms with Gasteiger partial charge in [0.2, 0.25) is 0 Å². The van der Waals surface area contributed by atoms with Crippen molar-refractivity contribution in [1.82, 2.24) is 0 Å². The Kier molecular flexibility index (Phi) is 5.27. The zero-order valence-corrected chi connectivity index (χ0v) is 16.0. The third-order valence-corrected chi connectivity index (χ3v) is 5.46. The molecule has 2 aliphatic carbocycles. The van der Waals surface area contributed by atoms with Crippen LogP contribution in [0.15, 0.2) is 22.8 Å². The van der Waals surface area contributed by atoms with Gasteiger partial charge in [0.05, 0.1) is 13.7 Å². The van der Waals surface area contributed by atoms with Gasteiger partial charge in [-0.05, 0) is 56.1 Å². The van der Waals surface area contributed by atoms with Gasteiger partial charge >= 0.3 is 5.97 Å². The average molecular weight is 333 g/mol. The number of allylic oxidation sites excluding steroid dienone is 3. The Morgan fingerprint density at radius 3 is 2.62 bits per heavy atom. The third-order valence-electron chi connectivity index (χ3n) is 5.46. The molecular weight excluding hydrogens is 300 g/mol. The van der Waals surface area contributed by atoms with Crippen LogP contribution >= 0.6 is 0 Å². The van der Waals surface area contributed by atoms with Crippen molar-refractivity contribution in [2.75, 3.05) is 0 Å². The summed E-state index contributed by atoms with van der Waals surface area (Å²) in [5.74, 6) is -0.451. The van der Waals surface area contributed by atoms with E-state index in [-0.39, 0.29) is 35.4 Å². The zero-order valence-electron chi connectivity index (χ0n) is 17.0. The fourth-order valence-electron chi connectivity index (χ4n) is 3.74. The molecule has 0 heterocycles. The van der Waals surface area contributed by atoms with Crippen molar-refractivity contribution in [3.63, 3.8) is 0 Å². The largest absolute Gasteiger partial charge is 0.457 e. The molecular formula is C21H32O3. The molecule has 134 valence electrons. The van der Waals surface area contributed by atoms with Crippen molar-refractivity contribution in [2.24, 2.45) is 17.3 Å². The number of hydrogen-bond acceptors (Lipinski definition) is 3. The Balaban J connectivity index is 2.10. The predicted octanol–water partition coefficient (Wildman–Crippen LogP) is 5.01. The van der Waals surface area contributed by atoms with Crippen molar-refractivity contribution in [3.05, 3.63) is 22.8 Å². The summed E-state index contributed by atoms with van der Waals surface area (Å²) in [5.41, 5.74) is 2.36. The zero-order chi connectivity index (χ0) is 19.0. The third kappa shape index (κ3) is 3.81. The van der Waals surface area contributed by atoms with Crippen LogP contribution in [-0.4, -0.2) is 17.8 Å². The van der Waals surface area contributed by atoms with Crippen LogP contribution in [0.3, 0.4) is 0 Å². The maximum absolute atomic E-state index is 12.7. The smallest absolute Gasteiger partial charge is 0.310 e. The first-order valence-corrected chi connectivity index (χ1v) is 9.16. The summed E-state index contributed by atoms with van der Waals surface area (Å²) >= 11 is 0. The Morgan fingerprint density at radius 1 is 1.38 bits per heavy atom. The number of esters is 1. The van der Waals surface area contributed by atoms with Gasteiger partial charge in [-0.2, -0.15) is 0 Å². The van der Waals surface area contributed by atoms with Crippen molar-refractivity contribution < 1.29 is 15.7 Å². The van der Waals surface area contributed by atoms with Crippen LogP contribution in [-0.2, 0) is 14.3 Å². The molecule has 0 bridgehead atoms. The van der Waals surface area contributed by atoms with Crippen molar-refractivity contribution in [1.29, 1.82) is 0 Å². The van der Waals surface area contributed by atoms with Gasteiger partial charge < -0.3 is 4.74 Å². The highest BCUT2D eigenvalue weighted by Gasteiger charge is 2.61. The van der Waals surface area contributed by atoms with E-state index in [1.807, 2.05) is 13.8 Å². The van der Waals surface area contributed by atoms with E-state index in [0.717, 1.165) is 19.3 Å². The molecule has 0 aromatic rings. The minimum Gasteiger partial charge on any atom is -0.457 e. The molecule has 3 nitrogen and oxygen atoms in total. The summed E-state index contributed by atoms with van der Waals surface area (Å²) in [5, 5.41) is 0. The monoisotopic (exact) mass is 333 g/mol. The molecule has 0 amide bonds. The van der Waals surface area contributed by atoms with Gasteiger partial charge in [-0.15, -0.1) is 0 Å². The number of ether oxygens (including phenoxy) is 1. The second kappa shape index (κ2) is 7.25. The highest BCUT2D eigenvalue weighted by molar-refractivity contribution is 5.99. The number of Topliss-reactive ketones (excluding diaryl/α,β-unsaturated/α-hetero) is 1. The molecule has 0 radical (unpaired) electrons. The van der Waals surface area contributed by atoms with E-state index in [1.165, 1.54) is 5.57 Å². The van der Waals surface area contributed by atoms with Gasteiger partial charge in [0, 0.05) is 0 Å². The molecule has 0 aromatic carbocycles. The van der Waals surface area contributed by atoms with Crippen LogP contribution in [0.25, 0.3) is 0 Å². The van der Waals surface area contributed by atoms with Crippen LogP contribution in [0.1, 0.15) is 75.0 Å². The fraction of sp³-hybridized carbons (Fsp3) is 0.714. The maximum atomic E-state index is 12.7. The molecule has 24 heavy (non-hydrogen) atoms. The molecule has 1 fully saturated rings. The molecule has 0 saturated heterocycles. The Bertz CT molecular complexity index is 625. The van der Waals surface area contributed by atoms with E-state index in [0.29, 0.717) is 17.6 Å². The minimum atomic E-state index is -1.51. The van der Waals surface area contributed by atoms with Crippen LogP contribution in [0, 0.1) is 17.3 Å². The van der Waals surface area contributed by atoms with Crippen molar-refractivity contribution in [2.45, 2.75) is 79.7 Å². The number of carbonyl (C=O) groups is 2. The second-order valence-corrected chi connectivity index (χ2v) is 8.07. The van der Waals surface area contributed by atoms with Gasteiger partial charge in [-0.3, -0.25) is 9.59 Å². The number of ketones is 1. The van der Waals surface area contributed by atoms with Crippen LogP contribution < -0.4 is 0 Å². The van der Waals surface area contributed by atoms with E-state index in [9.17, 15) is 9.59 Å². The van der Waals surface area contributed by atoms with Crippen LogP contribution in [0.5, 0.6) is 0 Å². The summed E-state index contributed by atoms with van der Waals surface area (Å²) in [4.78, 5) is 25.0. The molecule has 0 aliphatic heterocycles. The molecule has 1 saturated carbocycles. The van der Waals surface area contributed by atoms with Crippen molar-refractivity contribution in [3.8, 4) is 0 Å². The molecule has 0 N–H and O–H groups in total. The first-order chi connectivity index (χ1) is 11.5. The summed E-state index contributed by atoms with van der Waals surface area (Å²) < 4.78 is 14.2. The Hall–Kier alpha value is -1.38. The Labute approximate surface area is 147 Å². The van der Waals surface area contributed by atoms with E-state index in [1.54, 1.807) is 6.92 Å². The summed E-state index contributed by atoms with van der Waals surface area (Å²) in [6.07, 6.45) is 4.35. The topological polar surface area (TPSA) is 43.4 Å². The van der Waals surface area contributed by atoms with E-state index in [4.69, 9.17) is 6.11 Å². The SMILES string of the molecule is [2H]C1(OC(=O)C2C(C=C(C)C)C2(C)C)CC(=O)C(CCCCC)=C1C. The summed E-state index contributed by atoms with van der Waals surface area (Å²) in [6.45, 7) is 12.0. The van der Waals surface area contributed by atoms with Gasteiger partial charge in [0.1, 0.15) is 6.08 Å². The van der Waals surface area contributed by atoms with Crippen LogP contribution in [0.2, 0.25) is 0 Å². The minimum absolute atomic E-state index is 0.0349. The highest BCUT2D eigenvalue weighted by Crippen LogP contribution is 2.60. The predicted molar refractivity (Wildman–Crippen MR) is 96.5 cm³/mol. The standard InChI is InChI=1S/C21H32O3/c1-7-8-9-10-15-14(4)18(12-17(15)22)24-20(23)19-16(11-13(2)3)21(19,5)6/h11,16,18-19H,7-10,12H2,1-6H3/i18D. The van der Waals surface area contributed by atoms with Gasteiger partial charge in [0.25, 0.3) is 0 Å². The number of rotatable bonds is 7. The first kappa shape index (κ1) is 17.4. The highest BCUT2D eigenvalue weighted by atomic mass is 16.5. The summed E-state index contributed by atoms with van der Waals surface area (Å²) in [6, 6.07) is 0. The normalized spacial score (nSPS) is 31.8. The molecule has 3 heteroatoms. The quantitative estimate of drug-likeness (QED) is 0.374. The second-order valence-electron chi connectivity index (χ2n) is 8.07. The lowest BCUT2D eigenvalue weighted by Crippen LogP contribution is -2.20. The van der Waals surface area contributed by atoms with E-state index >= 15 is 0 Å². The molecule has 3 unspecified atom stereocenters. The van der Waals surface area contributed by atoms with Gasteiger partial charge in [-0.1, -0.05) is 45.3 Å². The average Bonchev–Trinajstić information content (AvgIpc) is 2.94. The number of hydrogen-bond donors (Lipinski definition) is 0. The number of carbonyl (C=O) groups excluding carboxylic acids is 2. The lowest BCUT2D eigenvalue weighted by Gasteiger charge is -2.14. The van der Waals surface area contributed by atoms with Crippen molar-refractivity contribution >= 4 is 11.8 Å². The lowest BCUT2D eigenvalue weighted by atomic mass is 10.0. The maximum Gasteiger partial charge on any atom is 0.310 e. The number of unbranched alkanes of at least 4 members (excludes halogenated alkanes) is 2. The van der Waals surface area contributed by atoms with Gasteiger partial charge in [0.15, 0.2) is 5.78 Å². The summed E-state index contributed by atoms with van der Waals surface area (Å²) in [7, 11) is 0. The Morgan fingerprint density at radius 2 is 2.04 bits per heavy atom. The molecule has 0 aromatic heterocycles. The molecule has 3 atom stereocenters.